The standard InChI is InChI=1S/C18H23N3O2/c1-14-4-6-15(7-5-14)12-18(22)21-16-8-9-17(20-13-16)19-10-3-11-23-2/h4-9,13H,3,10-12H2,1-2H3,(H,19,20)(H,21,22). The number of pyridine rings is 1. The summed E-state index contributed by atoms with van der Waals surface area (Å²) in [5, 5.41) is 6.06. The lowest BCUT2D eigenvalue weighted by molar-refractivity contribution is -0.115. The third kappa shape index (κ3) is 6.08. The van der Waals surface area contributed by atoms with E-state index < -0.39 is 0 Å². The number of carbonyl (C=O) groups is 1. The maximum Gasteiger partial charge on any atom is 0.228 e. The summed E-state index contributed by atoms with van der Waals surface area (Å²) in [6.45, 7) is 3.56. The number of aromatic nitrogens is 1. The van der Waals surface area contributed by atoms with E-state index in [0.29, 0.717) is 12.1 Å². The number of nitrogens with one attached hydrogen (secondary N) is 2. The van der Waals surface area contributed by atoms with Crippen LogP contribution in [0, 0.1) is 6.92 Å². The van der Waals surface area contributed by atoms with Crippen molar-refractivity contribution in [3.05, 3.63) is 53.7 Å². The molecule has 2 rings (SSSR count). The molecule has 5 nitrogen and oxygen atoms in total. The number of ether oxygens (including phenoxy) is 1. The maximum absolute atomic E-state index is 12.0. The first-order chi connectivity index (χ1) is 11.2. The van der Waals surface area contributed by atoms with Gasteiger partial charge in [-0.1, -0.05) is 29.8 Å². The molecule has 1 heterocycles. The third-order valence-electron chi connectivity index (χ3n) is 3.36. The lowest BCUT2D eigenvalue weighted by Crippen LogP contribution is -2.14. The Kier molecular flexibility index (Phi) is 6.56. The van der Waals surface area contributed by atoms with Crippen LogP contribution in [0.2, 0.25) is 0 Å². The minimum Gasteiger partial charge on any atom is -0.385 e. The van der Waals surface area contributed by atoms with E-state index in [9.17, 15) is 4.79 Å². The van der Waals surface area contributed by atoms with E-state index in [2.05, 4.69) is 15.6 Å². The molecule has 0 radical (unpaired) electrons. The number of nitrogens with zero attached hydrogens (tertiary/aromatic N) is 1. The van der Waals surface area contributed by atoms with E-state index in [-0.39, 0.29) is 5.91 Å². The van der Waals surface area contributed by atoms with E-state index in [1.54, 1.807) is 13.3 Å². The van der Waals surface area contributed by atoms with Crippen LogP contribution in [0.5, 0.6) is 0 Å². The number of hydrogen-bond donors (Lipinski definition) is 2. The summed E-state index contributed by atoms with van der Waals surface area (Å²) < 4.78 is 4.99. The minimum absolute atomic E-state index is 0.0449. The summed E-state index contributed by atoms with van der Waals surface area (Å²) in [7, 11) is 1.69. The Morgan fingerprint density at radius 1 is 1.17 bits per heavy atom. The predicted molar refractivity (Wildman–Crippen MR) is 92.7 cm³/mol. The van der Waals surface area contributed by atoms with E-state index in [1.807, 2.05) is 43.3 Å². The lowest BCUT2D eigenvalue weighted by atomic mass is 10.1. The summed E-state index contributed by atoms with van der Waals surface area (Å²) in [6.07, 6.45) is 2.94. The second kappa shape index (κ2) is 8.90. The smallest absolute Gasteiger partial charge is 0.228 e. The molecule has 0 aliphatic rings. The van der Waals surface area contributed by atoms with Crippen molar-refractivity contribution in [3.8, 4) is 0 Å². The highest BCUT2D eigenvalue weighted by Gasteiger charge is 2.04. The van der Waals surface area contributed by atoms with Gasteiger partial charge >= 0.3 is 0 Å². The number of methoxy groups -OCH3 is 1. The van der Waals surface area contributed by atoms with Gasteiger partial charge in [0.2, 0.25) is 5.91 Å². The van der Waals surface area contributed by atoms with Gasteiger partial charge in [-0.25, -0.2) is 4.98 Å². The molecule has 0 spiro atoms. The molecule has 1 aromatic heterocycles. The molecule has 2 aromatic rings. The molecule has 1 amide bonds. The van der Waals surface area contributed by atoms with E-state index in [0.717, 1.165) is 31.0 Å². The average Bonchev–Trinajstić information content (AvgIpc) is 2.55. The Morgan fingerprint density at radius 3 is 2.61 bits per heavy atom. The predicted octanol–water partition coefficient (Wildman–Crippen LogP) is 3.02. The Labute approximate surface area is 137 Å². The molecule has 0 bridgehead atoms. The van der Waals surface area contributed by atoms with Crippen molar-refractivity contribution in [3.63, 3.8) is 0 Å². The maximum atomic E-state index is 12.0. The van der Waals surface area contributed by atoms with Gasteiger partial charge in [0.15, 0.2) is 0 Å². The molecule has 0 fully saturated rings. The highest BCUT2D eigenvalue weighted by atomic mass is 16.5. The van der Waals surface area contributed by atoms with E-state index >= 15 is 0 Å². The van der Waals surface area contributed by atoms with Gasteiger partial charge in [-0.3, -0.25) is 4.79 Å². The van der Waals surface area contributed by atoms with Crippen LogP contribution in [0.3, 0.4) is 0 Å². The highest BCUT2D eigenvalue weighted by Crippen LogP contribution is 2.11. The Morgan fingerprint density at radius 2 is 1.96 bits per heavy atom. The first-order valence-electron chi connectivity index (χ1n) is 7.71. The molecule has 0 aliphatic heterocycles. The Balaban J connectivity index is 1.80. The number of benzene rings is 1. The highest BCUT2D eigenvalue weighted by molar-refractivity contribution is 5.92. The van der Waals surface area contributed by atoms with Crippen LogP contribution in [0.4, 0.5) is 11.5 Å². The topological polar surface area (TPSA) is 63.2 Å². The number of carbonyl (C=O) groups excluding carboxylic acids is 1. The van der Waals surface area contributed by atoms with Crippen molar-refractivity contribution in [2.45, 2.75) is 19.8 Å². The normalized spacial score (nSPS) is 10.3. The molecular weight excluding hydrogens is 290 g/mol. The zero-order chi connectivity index (χ0) is 16.5. The van der Waals surface area contributed by atoms with Crippen molar-refractivity contribution in [1.82, 2.24) is 4.98 Å². The van der Waals surface area contributed by atoms with Crippen LogP contribution >= 0.6 is 0 Å². The zero-order valence-corrected chi connectivity index (χ0v) is 13.6. The SMILES string of the molecule is COCCCNc1ccc(NC(=O)Cc2ccc(C)cc2)cn1. The van der Waals surface area contributed by atoms with Crippen LogP contribution in [-0.4, -0.2) is 31.2 Å². The fourth-order valence-corrected chi connectivity index (χ4v) is 2.10. The van der Waals surface area contributed by atoms with Gasteiger partial charge in [-0.05, 0) is 31.0 Å². The molecular formula is C18H23N3O2. The third-order valence-corrected chi connectivity index (χ3v) is 3.36. The summed E-state index contributed by atoms with van der Waals surface area (Å²) in [6, 6.07) is 11.7. The lowest BCUT2D eigenvalue weighted by Gasteiger charge is -2.08. The van der Waals surface area contributed by atoms with Gasteiger partial charge in [-0.15, -0.1) is 0 Å². The minimum atomic E-state index is -0.0449. The molecule has 0 unspecified atom stereocenters. The molecule has 0 saturated heterocycles. The average molecular weight is 313 g/mol. The van der Waals surface area contributed by atoms with Gasteiger partial charge < -0.3 is 15.4 Å². The summed E-state index contributed by atoms with van der Waals surface area (Å²) >= 11 is 0. The Bertz CT molecular complexity index is 609. The summed E-state index contributed by atoms with van der Waals surface area (Å²) in [5.74, 6) is 0.745. The van der Waals surface area contributed by atoms with Gasteiger partial charge in [-0.2, -0.15) is 0 Å². The fourth-order valence-electron chi connectivity index (χ4n) is 2.10. The molecule has 2 N–H and O–H groups in total. The zero-order valence-electron chi connectivity index (χ0n) is 13.6. The van der Waals surface area contributed by atoms with Crippen molar-refractivity contribution in [1.29, 1.82) is 0 Å². The van der Waals surface area contributed by atoms with Crippen molar-refractivity contribution in [2.75, 3.05) is 30.9 Å². The summed E-state index contributed by atoms with van der Waals surface area (Å²) in [5.41, 5.74) is 2.88. The van der Waals surface area contributed by atoms with E-state index in [1.165, 1.54) is 5.56 Å². The largest absolute Gasteiger partial charge is 0.385 e. The second-order valence-corrected chi connectivity index (χ2v) is 5.42. The van der Waals surface area contributed by atoms with Gasteiger partial charge in [0.1, 0.15) is 5.82 Å². The molecule has 0 aliphatic carbocycles. The van der Waals surface area contributed by atoms with Gasteiger partial charge in [0.05, 0.1) is 18.3 Å². The summed E-state index contributed by atoms with van der Waals surface area (Å²) in [4.78, 5) is 16.3. The fraction of sp³-hybridized carbons (Fsp3) is 0.333. The number of amides is 1. The monoisotopic (exact) mass is 313 g/mol. The number of aryl methyl sites for hydroxylation is 1. The van der Waals surface area contributed by atoms with Crippen molar-refractivity contribution >= 4 is 17.4 Å². The van der Waals surface area contributed by atoms with Crippen LogP contribution in [-0.2, 0) is 16.0 Å². The number of anilines is 2. The van der Waals surface area contributed by atoms with Crippen LogP contribution in [0.25, 0.3) is 0 Å². The molecule has 23 heavy (non-hydrogen) atoms. The molecule has 122 valence electrons. The van der Waals surface area contributed by atoms with Crippen LogP contribution < -0.4 is 10.6 Å². The Hall–Kier alpha value is -2.40. The molecule has 0 atom stereocenters. The van der Waals surface area contributed by atoms with E-state index in [4.69, 9.17) is 4.74 Å². The quantitative estimate of drug-likeness (QED) is 0.735. The molecule has 0 saturated carbocycles. The van der Waals surface area contributed by atoms with Crippen LogP contribution in [0.1, 0.15) is 17.5 Å². The number of hydrogen-bond acceptors (Lipinski definition) is 4. The van der Waals surface area contributed by atoms with Crippen LogP contribution in [0.15, 0.2) is 42.6 Å². The van der Waals surface area contributed by atoms with Crippen molar-refractivity contribution in [2.24, 2.45) is 0 Å². The second-order valence-electron chi connectivity index (χ2n) is 5.42. The number of rotatable bonds is 8. The molecule has 5 heteroatoms. The first kappa shape index (κ1) is 17.0. The van der Waals surface area contributed by atoms with Gasteiger partial charge in [0.25, 0.3) is 0 Å². The first-order valence-corrected chi connectivity index (χ1v) is 7.71. The van der Waals surface area contributed by atoms with Gasteiger partial charge in [0, 0.05) is 20.3 Å². The molecule has 1 aromatic carbocycles. The van der Waals surface area contributed by atoms with Crippen molar-refractivity contribution < 1.29 is 9.53 Å².